The van der Waals surface area contributed by atoms with Gasteiger partial charge in [-0.2, -0.15) is 0 Å². The summed E-state index contributed by atoms with van der Waals surface area (Å²) in [6.45, 7) is 4.00. The van der Waals surface area contributed by atoms with Gasteiger partial charge in [0.15, 0.2) is 0 Å². The summed E-state index contributed by atoms with van der Waals surface area (Å²) in [5.74, 6) is -0.350. The molecule has 0 bridgehead atoms. The number of rotatable bonds is 4. The van der Waals surface area contributed by atoms with Gasteiger partial charge in [-0.1, -0.05) is 18.2 Å². The zero-order valence-corrected chi connectivity index (χ0v) is 11.1. The van der Waals surface area contributed by atoms with E-state index in [1.165, 1.54) is 0 Å². The quantitative estimate of drug-likeness (QED) is 0.778. The van der Waals surface area contributed by atoms with E-state index in [2.05, 4.69) is 10.3 Å². The van der Waals surface area contributed by atoms with Crippen molar-refractivity contribution in [1.29, 1.82) is 0 Å². The first-order valence-electron chi connectivity index (χ1n) is 6.09. The van der Waals surface area contributed by atoms with Crippen LogP contribution in [-0.4, -0.2) is 17.4 Å². The van der Waals surface area contributed by atoms with Crippen LogP contribution in [0, 0.1) is 5.41 Å². The molecule has 0 aliphatic carbocycles. The van der Waals surface area contributed by atoms with Gasteiger partial charge in [0.05, 0.1) is 28.5 Å². The third-order valence-corrected chi connectivity index (χ3v) is 3.18. The van der Waals surface area contributed by atoms with Crippen molar-refractivity contribution in [1.82, 2.24) is 4.98 Å². The highest BCUT2D eigenvalue weighted by Gasteiger charge is 2.25. The molecule has 2 aromatic rings. The Labute approximate surface area is 112 Å². The van der Waals surface area contributed by atoms with Crippen molar-refractivity contribution in [2.45, 2.75) is 13.8 Å². The van der Waals surface area contributed by atoms with Gasteiger partial charge in [0.2, 0.25) is 5.91 Å². The van der Waals surface area contributed by atoms with E-state index in [1.807, 2.05) is 24.3 Å². The van der Waals surface area contributed by atoms with Gasteiger partial charge in [0.25, 0.3) is 0 Å². The fourth-order valence-electron chi connectivity index (χ4n) is 1.75. The fourth-order valence-corrected chi connectivity index (χ4v) is 1.75. The van der Waals surface area contributed by atoms with E-state index in [0.717, 1.165) is 16.6 Å². The van der Waals surface area contributed by atoms with Crippen LogP contribution in [0.25, 0.3) is 10.9 Å². The van der Waals surface area contributed by atoms with Crippen LogP contribution in [0.5, 0.6) is 0 Å². The van der Waals surface area contributed by atoms with Gasteiger partial charge in [-0.3, -0.25) is 9.78 Å². The van der Waals surface area contributed by atoms with Gasteiger partial charge >= 0.3 is 0 Å². The van der Waals surface area contributed by atoms with E-state index in [0.29, 0.717) is 12.2 Å². The number of anilines is 2. The zero-order valence-electron chi connectivity index (χ0n) is 11.1. The average molecular weight is 258 g/mol. The maximum atomic E-state index is 11.3. The number of nitrogens with two attached hydrogens (primary N) is 2. The Morgan fingerprint density at radius 3 is 2.74 bits per heavy atom. The Hall–Kier alpha value is -2.30. The third-order valence-electron chi connectivity index (χ3n) is 3.18. The summed E-state index contributed by atoms with van der Waals surface area (Å²) in [4.78, 5) is 15.6. The number of aromatic nitrogens is 1. The molecule has 0 saturated carbocycles. The molecule has 5 heteroatoms. The standard InChI is InChI=1S/C14H18N4O/c1-14(2,13(16)19)8-18-12-9-5-3-4-6-11(9)17-7-10(12)15/h3-7H,8,15H2,1-2H3,(H2,16,19)(H,17,18). The molecule has 0 unspecified atom stereocenters. The highest BCUT2D eigenvalue weighted by Crippen LogP contribution is 2.28. The number of carbonyl (C=O) groups excluding carboxylic acids is 1. The molecule has 1 aromatic heterocycles. The Morgan fingerprint density at radius 1 is 1.37 bits per heavy atom. The Bertz CT molecular complexity index is 622. The molecule has 19 heavy (non-hydrogen) atoms. The molecule has 0 saturated heterocycles. The van der Waals surface area contributed by atoms with Crippen molar-refractivity contribution in [3.05, 3.63) is 30.5 Å². The lowest BCUT2D eigenvalue weighted by atomic mass is 9.92. The zero-order chi connectivity index (χ0) is 14.0. The number of nitrogen functional groups attached to an aromatic ring is 1. The number of amides is 1. The molecular weight excluding hydrogens is 240 g/mol. The van der Waals surface area contributed by atoms with Crippen LogP contribution in [0.15, 0.2) is 30.5 Å². The number of hydrogen-bond donors (Lipinski definition) is 3. The Kier molecular flexibility index (Phi) is 3.29. The van der Waals surface area contributed by atoms with Gasteiger partial charge in [-0.05, 0) is 19.9 Å². The number of para-hydroxylation sites is 1. The van der Waals surface area contributed by atoms with Crippen molar-refractivity contribution < 1.29 is 4.79 Å². The van der Waals surface area contributed by atoms with E-state index >= 15 is 0 Å². The van der Waals surface area contributed by atoms with Crippen LogP contribution in [0.4, 0.5) is 11.4 Å². The number of carbonyl (C=O) groups is 1. The number of fused-ring (bicyclic) bond motifs is 1. The van der Waals surface area contributed by atoms with Gasteiger partial charge in [-0.15, -0.1) is 0 Å². The summed E-state index contributed by atoms with van der Waals surface area (Å²) in [6, 6.07) is 7.70. The van der Waals surface area contributed by atoms with Crippen molar-refractivity contribution in [2.75, 3.05) is 17.6 Å². The van der Waals surface area contributed by atoms with E-state index in [9.17, 15) is 4.79 Å². The normalized spacial score (nSPS) is 11.5. The van der Waals surface area contributed by atoms with E-state index < -0.39 is 5.41 Å². The monoisotopic (exact) mass is 258 g/mol. The van der Waals surface area contributed by atoms with Crippen LogP contribution in [0.1, 0.15) is 13.8 Å². The van der Waals surface area contributed by atoms with Crippen LogP contribution < -0.4 is 16.8 Å². The number of hydrogen-bond acceptors (Lipinski definition) is 4. The van der Waals surface area contributed by atoms with Crippen LogP contribution in [-0.2, 0) is 4.79 Å². The highest BCUT2D eigenvalue weighted by atomic mass is 16.1. The molecule has 0 aliphatic heterocycles. The fraction of sp³-hybridized carbons (Fsp3) is 0.286. The SMILES string of the molecule is CC(C)(CNc1c(N)cnc2ccccc12)C(N)=O. The first kappa shape index (κ1) is 13.1. The number of nitrogens with one attached hydrogen (secondary N) is 1. The average Bonchev–Trinajstić information content (AvgIpc) is 2.37. The van der Waals surface area contributed by atoms with Gasteiger partial charge in [0, 0.05) is 11.9 Å². The van der Waals surface area contributed by atoms with Crippen LogP contribution in [0.3, 0.4) is 0 Å². The number of pyridine rings is 1. The highest BCUT2D eigenvalue weighted by molar-refractivity contribution is 5.97. The van der Waals surface area contributed by atoms with E-state index in [1.54, 1.807) is 20.0 Å². The second kappa shape index (κ2) is 4.76. The van der Waals surface area contributed by atoms with Crippen molar-refractivity contribution in [3.8, 4) is 0 Å². The predicted molar refractivity (Wildman–Crippen MR) is 77.6 cm³/mol. The Morgan fingerprint density at radius 2 is 2.05 bits per heavy atom. The summed E-state index contributed by atoms with van der Waals surface area (Å²) in [5.41, 5.74) is 12.9. The summed E-state index contributed by atoms with van der Waals surface area (Å²) < 4.78 is 0. The van der Waals surface area contributed by atoms with E-state index in [-0.39, 0.29) is 5.91 Å². The second-order valence-corrected chi connectivity index (χ2v) is 5.21. The molecule has 0 spiro atoms. The first-order chi connectivity index (χ1) is 8.92. The second-order valence-electron chi connectivity index (χ2n) is 5.21. The minimum Gasteiger partial charge on any atom is -0.396 e. The Balaban J connectivity index is 2.35. The first-order valence-corrected chi connectivity index (χ1v) is 6.09. The maximum absolute atomic E-state index is 11.3. The summed E-state index contributed by atoms with van der Waals surface area (Å²) >= 11 is 0. The molecular formula is C14H18N4O. The largest absolute Gasteiger partial charge is 0.396 e. The molecule has 5 N–H and O–H groups in total. The lowest BCUT2D eigenvalue weighted by Crippen LogP contribution is -2.37. The minimum atomic E-state index is -0.642. The van der Waals surface area contributed by atoms with Crippen LogP contribution in [0.2, 0.25) is 0 Å². The molecule has 0 atom stereocenters. The topological polar surface area (TPSA) is 94.0 Å². The van der Waals surface area contributed by atoms with Crippen molar-refractivity contribution in [3.63, 3.8) is 0 Å². The molecule has 1 amide bonds. The van der Waals surface area contributed by atoms with Gasteiger partial charge < -0.3 is 16.8 Å². The predicted octanol–water partition coefficient (Wildman–Crippen LogP) is 1.74. The third kappa shape index (κ3) is 2.59. The van der Waals surface area contributed by atoms with Gasteiger partial charge in [0.1, 0.15) is 0 Å². The molecule has 1 aromatic carbocycles. The number of primary amides is 1. The molecule has 100 valence electrons. The minimum absolute atomic E-state index is 0.350. The van der Waals surface area contributed by atoms with Gasteiger partial charge in [-0.25, -0.2) is 0 Å². The lowest BCUT2D eigenvalue weighted by Gasteiger charge is -2.22. The lowest BCUT2D eigenvalue weighted by molar-refractivity contribution is -0.125. The smallest absolute Gasteiger partial charge is 0.224 e. The summed E-state index contributed by atoms with van der Waals surface area (Å²) in [6.07, 6.45) is 1.61. The molecule has 2 rings (SSSR count). The molecule has 0 radical (unpaired) electrons. The van der Waals surface area contributed by atoms with Crippen LogP contribution >= 0.6 is 0 Å². The van der Waals surface area contributed by atoms with Crippen molar-refractivity contribution in [2.24, 2.45) is 11.1 Å². The van der Waals surface area contributed by atoms with Crippen molar-refractivity contribution >= 4 is 28.2 Å². The number of benzene rings is 1. The summed E-state index contributed by atoms with van der Waals surface area (Å²) in [7, 11) is 0. The number of nitrogens with zero attached hydrogens (tertiary/aromatic N) is 1. The molecule has 0 fully saturated rings. The molecule has 1 heterocycles. The maximum Gasteiger partial charge on any atom is 0.224 e. The van der Waals surface area contributed by atoms with E-state index in [4.69, 9.17) is 11.5 Å². The molecule has 0 aliphatic rings. The summed E-state index contributed by atoms with van der Waals surface area (Å²) in [5, 5.41) is 4.14. The molecule has 5 nitrogen and oxygen atoms in total.